The fourth-order valence-corrected chi connectivity index (χ4v) is 5.63. The molecule has 1 aliphatic carbocycles. The standard InChI is InChI=1S/C30H42N2O6.ClH/c1-34-26-11-9-22(19-28(26)36-3)13-18-38-25-8-6-5-7-24(25)31-14-16-32(17-15-31)30(33)21-23-10-12-27(35-2)29(20-23)37-4;/h9-12,19-20,24-25H,5-8,13-18,21H2,1-4H3;1H. The number of hydrogen-bond acceptors (Lipinski definition) is 7. The van der Waals surface area contributed by atoms with Crippen LogP contribution in [-0.2, 0) is 22.4 Å². The molecule has 2 aromatic carbocycles. The molecule has 2 aliphatic rings. The molecule has 0 N–H and O–H groups in total. The summed E-state index contributed by atoms with van der Waals surface area (Å²) < 4.78 is 27.9. The van der Waals surface area contributed by atoms with Gasteiger partial charge in [0.25, 0.3) is 0 Å². The molecule has 2 aromatic rings. The van der Waals surface area contributed by atoms with Gasteiger partial charge in [-0.15, -0.1) is 12.4 Å². The highest BCUT2D eigenvalue weighted by Gasteiger charge is 2.33. The molecule has 0 aromatic heterocycles. The minimum Gasteiger partial charge on any atom is -0.493 e. The number of hydrogen-bond donors (Lipinski definition) is 0. The van der Waals surface area contributed by atoms with Gasteiger partial charge in [0, 0.05) is 32.2 Å². The number of ether oxygens (including phenoxy) is 5. The molecule has 2 atom stereocenters. The topological polar surface area (TPSA) is 69.7 Å². The molecule has 0 bridgehead atoms. The molecule has 2 fully saturated rings. The van der Waals surface area contributed by atoms with Gasteiger partial charge in [-0.25, -0.2) is 0 Å². The SMILES string of the molecule is COc1ccc(CCOC2CCCCC2N2CCN(C(=O)Cc3ccc(OC)c(OC)c3)CC2)cc1OC.Cl. The lowest BCUT2D eigenvalue weighted by Crippen LogP contribution is -2.56. The van der Waals surface area contributed by atoms with E-state index < -0.39 is 0 Å². The highest BCUT2D eigenvalue weighted by atomic mass is 35.5. The molecule has 2 unspecified atom stereocenters. The number of benzene rings is 2. The van der Waals surface area contributed by atoms with Gasteiger partial charge < -0.3 is 28.6 Å². The Labute approximate surface area is 238 Å². The minimum atomic E-state index is 0. The third-order valence-electron chi connectivity index (χ3n) is 7.78. The number of methoxy groups -OCH3 is 4. The molecule has 8 nitrogen and oxygen atoms in total. The van der Waals surface area contributed by atoms with Crippen LogP contribution in [-0.4, -0.2) is 89.1 Å². The fourth-order valence-electron chi connectivity index (χ4n) is 5.63. The average molecular weight is 563 g/mol. The summed E-state index contributed by atoms with van der Waals surface area (Å²) in [6.07, 6.45) is 6.13. The van der Waals surface area contributed by atoms with Gasteiger partial charge in [-0.1, -0.05) is 25.0 Å². The summed E-state index contributed by atoms with van der Waals surface area (Å²) in [7, 11) is 6.54. The number of carbonyl (C=O) groups excluding carboxylic acids is 1. The summed E-state index contributed by atoms with van der Waals surface area (Å²) in [5.74, 6) is 2.97. The second-order valence-corrected chi connectivity index (χ2v) is 9.98. The van der Waals surface area contributed by atoms with Crippen molar-refractivity contribution < 1.29 is 28.5 Å². The van der Waals surface area contributed by atoms with Crippen LogP contribution in [0.5, 0.6) is 23.0 Å². The summed E-state index contributed by atoms with van der Waals surface area (Å²) >= 11 is 0. The smallest absolute Gasteiger partial charge is 0.227 e. The van der Waals surface area contributed by atoms with Crippen LogP contribution >= 0.6 is 12.4 Å². The van der Waals surface area contributed by atoms with Crippen molar-refractivity contribution in [3.05, 3.63) is 47.5 Å². The molecule has 0 spiro atoms. The Morgan fingerprint density at radius 3 is 1.95 bits per heavy atom. The second-order valence-electron chi connectivity index (χ2n) is 9.98. The van der Waals surface area contributed by atoms with E-state index in [9.17, 15) is 4.79 Å². The van der Waals surface area contributed by atoms with Gasteiger partial charge in [-0.05, 0) is 54.7 Å². The lowest BCUT2D eigenvalue weighted by atomic mass is 9.90. The first-order chi connectivity index (χ1) is 18.6. The molecule has 1 saturated heterocycles. The van der Waals surface area contributed by atoms with Gasteiger partial charge in [-0.2, -0.15) is 0 Å². The minimum absolute atomic E-state index is 0. The number of amides is 1. The number of halogens is 1. The molecule has 0 radical (unpaired) electrons. The van der Waals surface area contributed by atoms with Gasteiger partial charge in [-0.3, -0.25) is 9.69 Å². The number of carbonyl (C=O) groups is 1. The van der Waals surface area contributed by atoms with Crippen LogP contribution in [0.4, 0.5) is 0 Å². The van der Waals surface area contributed by atoms with E-state index in [0.29, 0.717) is 30.6 Å². The third-order valence-corrected chi connectivity index (χ3v) is 7.78. The molecule has 216 valence electrons. The van der Waals surface area contributed by atoms with Crippen LogP contribution in [0.2, 0.25) is 0 Å². The van der Waals surface area contributed by atoms with E-state index in [1.54, 1.807) is 28.4 Å². The van der Waals surface area contributed by atoms with Crippen LogP contribution in [0, 0.1) is 0 Å². The van der Waals surface area contributed by atoms with E-state index in [-0.39, 0.29) is 24.4 Å². The monoisotopic (exact) mass is 562 g/mol. The van der Waals surface area contributed by atoms with Crippen molar-refractivity contribution in [2.24, 2.45) is 0 Å². The van der Waals surface area contributed by atoms with E-state index in [1.807, 2.05) is 35.2 Å². The van der Waals surface area contributed by atoms with Gasteiger partial charge >= 0.3 is 0 Å². The summed E-state index contributed by atoms with van der Waals surface area (Å²) in [6, 6.07) is 12.1. The maximum Gasteiger partial charge on any atom is 0.227 e. The van der Waals surface area contributed by atoms with Crippen LogP contribution in [0.15, 0.2) is 36.4 Å². The molecule has 9 heteroatoms. The molecule has 1 aliphatic heterocycles. The first-order valence-electron chi connectivity index (χ1n) is 13.6. The summed E-state index contributed by atoms with van der Waals surface area (Å²) in [5.41, 5.74) is 2.11. The van der Waals surface area contributed by atoms with E-state index >= 15 is 0 Å². The summed E-state index contributed by atoms with van der Waals surface area (Å²) in [4.78, 5) is 17.6. The summed E-state index contributed by atoms with van der Waals surface area (Å²) in [5, 5.41) is 0. The van der Waals surface area contributed by atoms with Crippen LogP contribution in [0.1, 0.15) is 36.8 Å². The van der Waals surface area contributed by atoms with Gasteiger partial charge in [0.1, 0.15) is 0 Å². The summed E-state index contributed by atoms with van der Waals surface area (Å²) in [6.45, 7) is 3.96. The molecule has 39 heavy (non-hydrogen) atoms. The van der Waals surface area contributed by atoms with Crippen molar-refractivity contribution in [1.82, 2.24) is 9.80 Å². The quantitative estimate of drug-likeness (QED) is 0.402. The van der Waals surface area contributed by atoms with Crippen molar-refractivity contribution in [2.45, 2.75) is 50.7 Å². The number of nitrogens with zero attached hydrogens (tertiary/aromatic N) is 2. The predicted octanol–water partition coefficient (Wildman–Crippen LogP) is 4.40. The Bertz CT molecular complexity index is 1060. The van der Waals surface area contributed by atoms with Gasteiger partial charge in [0.15, 0.2) is 23.0 Å². The van der Waals surface area contributed by atoms with Crippen molar-refractivity contribution in [3.63, 3.8) is 0 Å². The Balaban J connectivity index is 0.00000420. The van der Waals surface area contributed by atoms with E-state index in [0.717, 1.165) is 62.5 Å². The van der Waals surface area contributed by atoms with Crippen LogP contribution < -0.4 is 18.9 Å². The van der Waals surface area contributed by atoms with Gasteiger partial charge in [0.05, 0.1) is 47.6 Å². The Morgan fingerprint density at radius 1 is 0.769 bits per heavy atom. The maximum atomic E-state index is 13.0. The average Bonchev–Trinajstić information content (AvgIpc) is 2.97. The van der Waals surface area contributed by atoms with E-state index in [1.165, 1.54) is 18.4 Å². The highest BCUT2D eigenvalue weighted by molar-refractivity contribution is 5.85. The zero-order chi connectivity index (χ0) is 26.9. The first kappa shape index (κ1) is 30.9. The predicted molar refractivity (Wildman–Crippen MR) is 154 cm³/mol. The first-order valence-corrected chi connectivity index (χ1v) is 13.6. The Kier molecular flexibility index (Phi) is 12.0. The fraction of sp³-hybridized carbons (Fsp3) is 0.567. The van der Waals surface area contributed by atoms with Crippen molar-refractivity contribution in [2.75, 3.05) is 61.2 Å². The lowest BCUT2D eigenvalue weighted by molar-refractivity contribution is -0.133. The van der Waals surface area contributed by atoms with Crippen molar-refractivity contribution in [1.29, 1.82) is 0 Å². The Morgan fingerprint density at radius 2 is 1.33 bits per heavy atom. The third kappa shape index (κ3) is 7.93. The maximum absolute atomic E-state index is 13.0. The molecule has 1 amide bonds. The highest BCUT2D eigenvalue weighted by Crippen LogP contribution is 2.30. The lowest BCUT2D eigenvalue weighted by Gasteiger charge is -2.44. The number of rotatable bonds is 11. The second kappa shape index (κ2) is 15.2. The molecule has 1 saturated carbocycles. The molecular weight excluding hydrogens is 520 g/mol. The zero-order valence-corrected chi connectivity index (χ0v) is 24.5. The van der Waals surface area contributed by atoms with Crippen LogP contribution in [0.25, 0.3) is 0 Å². The largest absolute Gasteiger partial charge is 0.493 e. The molecular formula is C30H43ClN2O6. The molecule has 1 heterocycles. The van der Waals surface area contributed by atoms with Crippen molar-refractivity contribution >= 4 is 18.3 Å². The van der Waals surface area contributed by atoms with Gasteiger partial charge in [0.2, 0.25) is 5.91 Å². The normalized spacial score (nSPS) is 19.6. The number of piperazine rings is 1. The molecule has 4 rings (SSSR count). The van der Waals surface area contributed by atoms with Crippen molar-refractivity contribution in [3.8, 4) is 23.0 Å². The zero-order valence-electron chi connectivity index (χ0n) is 23.6. The van der Waals surface area contributed by atoms with E-state index in [2.05, 4.69) is 11.0 Å². The van der Waals surface area contributed by atoms with Crippen LogP contribution in [0.3, 0.4) is 0 Å². The van der Waals surface area contributed by atoms with E-state index in [4.69, 9.17) is 23.7 Å². The Hall–Kier alpha value is -2.68.